The topological polar surface area (TPSA) is 119 Å². The predicted molar refractivity (Wildman–Crippen MR) is 63.5 cm³/mol. The summed E-state index contributed by atoms with van der Waals surface area (Å²) in [5.41, 5.74) is 6.96. The Bertz CT molecular complexity index is 460. The summed E-state index contributed by atoms with van der Waals surface area (Å²) in [4.78, 5) is 33.6. The van der Waals surface area contributed by atoms with Crippen molar-refractivity contribution >= 4 is 17.8 Å². The van der Waals surface area contributed by atoms with Crippen LogP contribution in [0.2, 0.25) is 0 Å². The number of primary amides is 1. The highest BCUT2D eigenvalue weighted by Crippen LogP contribution is 2.09. The minimum atomic E-state index is -1.45. The number of carbonyl (C=O) groups excluding carboxylic acids is 3. The fraction of sp³-hybridized carbons (Fsp3) is 0.250. The molecule has 0 spiro atoms. The van der Waals surface area contributed by atoms with Crippen molar-refractivity contribution in [3.05, 3.63) is 35.9 Å². The number of nitrogens with two attached hydrogens (primary N) is 1. The molecule has 0 saturated carbocycles. The highest BCUT2D eigenvalue weighted by molar-refractivity contribution is 6.00. The first-order chi connectivity index (χ1) is 9.04. The quantitative estimate of drug-likeness (QED) is 0.283. The molecule has 0 aromatic heterocycles. The number of benzene rings is 1. The molecular formula is C12H14N2O5. The predicted octanol–water partition coefficient (Wildman–Crippen LogP) is -0.273. The largest absolute Gasteiger partial charge is 0.460 e. The highest BCUT2D eigenvalue weighted by atomic mass is 16.5. The molecule has 7 heteroatoms. The van der Waals surface area contributed by atoms with E-state index in [1.54, 1.807) is 30.3 Å². The Hall–Kier alpha value is -2.41. The zero-order valence-corrected chi connectivity index (χ0v) is 10.0. The van der Waals surface area contributed by atoms with Gasteiger partial charge in [-0.2, -0.15) is 0 Å². The summed E-state index contributed by atoms with van der Waals surface area (Å²) in [6, 6.07) is 8.82. The summed E-state index contributed by atoms with van der Waals surface area (Å²) in [6.45, 7) is -0.0341. The molecule has 0 aliphatic rings. The zero-order valence-electron chi connectivity index (χ0n) is 10.0. The van der Waals surface area contributed by atoms with E-state index in [1.807, 2.05) is 0 Å². The molecule has 0 aliphatic heterocycles. The van der Waals surface area contributed by atoms with Gasteiger partial charge in [0.2, 0.25) is 5.91 Å². The SMILES string of the molecule is NC(=O)CC(C(=O)NO)C(=O)OCc1ccccc1. The molecule has 0 aliphatic carbocycles. The van der Waals surface area contributed by atoms with Crippen LogP contribution in [0.3, 0.4) is 0 Å². The first kappa shape index (κ1) is 14.7. The molecular weight excluding hydrogens is 252 g/mol. The monoisotopic (exact) mass is 266 g/mol. The second-order valence-corrected chi connectivity index (χ2v) is 3.79. The lowest BCUT2D eigenvalue weighted by Gasteiger charge is -2.12. The number of hydrogen-bond donors (Lipinski definition) is 3. The summed E-state index contributed by atoms with van der Waals surface area (Å²) in [5.74, 6) is -4.25. The Morgan fingerprint density at radius 1 is 1.26 bits per heavy atom. The van der Waals surface area contributed by atoms with Crippen molar-refractivity contribution < 1.29 is 24.3 Å². The van der Waals surface area contributed by atoms with E-state index in [0.29, 0.717) is 0 Å². The maximum Gasteiger partial charge on any atom is 0.319 e. The number of amides is 2. The maximum atomic E-state index is 11.7. The van der Waals surface area contributed by atoms with Crippen LogP contribution < -0.4 is 11.2 Å². The van der Waals surface area contributed by atoms with Crippen molar-refractivity contribution in [2.75, 3.05) is 0 Å². The van der Waals surface area contributed by atoms with Crippen LogP contribution in [0.5, 0.6) is 0 Å². The molecule has 1 rings (SSSR count). The van der Waals surface area contributed by atoms with Crippen molar-refractivity contribution in [1.82, 2.24) is 5.48 Å². The van der Waals surface area contributed by atoms with Crippen molar-refractivity contribution in [1.29, 1.82) is 0 Å². The van der Waals surface area contributed by atoms with Crippen LogP contribution in [-0.4, -0.2) is 23.0 Å². The summed E-state index contributed by atoms with van der Waals surface area (Å²) >= 11 is 0. The lowest BCUT2D eigenvalue weighted by atomic mass is 10.1. The average molecular weight is 266 g/mol. The number of rotatable bonds is 6. The Kier molecular flexibility index (Phi) is 5.49. The molecule has 19 heavy (non-hydrogen) atoms. The van der Waals surface area contributed by atoms with Crippen LogP contribution in [0.15, 0.2) is 30.3 Å². The smallest absolute Gasteiger partial charge is 0.319 e. The van der Waals surface area contributed by atoms with Crippen LogP contribution in [0.25, 0.3) is 0 Å². The van der Waals surface area contributed by atoms with Crippen LogP contribution >= 0.6 is 0 Å². The van der Waals surface area contributed by atoms with E-state index < -0.39 is 30.1 Å². The molecule has 1 aromatic rings. The molecule has 0 heterocycles. The van der Waals surface area contributed by atoms with Crippen LogP contribution in [0, 0.1) is 5.92 Å². The van der Waals surface area contributed by atoms with E-state index in [9.17, 15) is 14.4 Å². The van der Waals surface area contributed by atoms with Crippen molar-refractivity contribution in [2.24, 2.45) is 11.7 Å². The van der Waals surface area contributed by atoms with Crippen molar-refractivity contribution in [3.8, 4) is 0 Å². The van der Waals surface area contributed by atoms with Gasteiger partial charge in [-0.3, -0.25) is 19.6 Å². The third-order valence-corrected chi connectivity index (χ3v) is 2.34. The van der Waals surface area contributed by atoms with E-state index in [4.69, 9.17) is 15.7 Å². The highest BCUT2D eigenvalue weighted by Gasteiger charge is 2.29. The molecule has 1 aromatic carbocycles. The summed E-state index contributed by atoms with van der Waals surface area (Å²) in [6.07, 6.45) is -0.528. The standard InChI is InChI=1S/C12H14N2O5/c13-10(15)6-9(11(16)14-18)12(17)19-7-8-4-2-1-3-5-8/h1-5,9,18H,6-7H2,(H2,13,15)(H,14,16). The van der Waals surface area contributed by atoms with Gasteiger partial charge in [0.25, 0.3) is 5.91 Å². The maximum absolute atomic E-state index is 11.7. The van der Waals surface area contributed by atoms with Crippen LogP contribution in [-0.2, 0) is 25.7 Å². The van der Waals surface area contributed by atoms with Crippen molar-refractivity contribution in [2.45, 2.75) is 13.0 Å². The minimum Gasteiger partial charge on any atom is -0.460 e. The van der Waals surface area contributed by atoms with E-state index in [-0.39, 0.29) is 6.61 Å². The molecule has 0 radical (unpaired) electrons. The van der Waals surface area contributed by atoms with Crippen molar-refractivity contribution in [3.63, 3.8) is 0 Å². The number of hydroxylamine groups is 1. The third-order valence-electron chi connectivity index (χ3n) is 2.34. The summed E-state index contributed by atoms with van der Waals surface area (Å²) < 4.78 is 4.90. The number of nitrogens with one attached hydrogen (secondary N) is 1. The van der Waals surface area contributed by atoms with Gasteiger partial charge >= 0.3 is 5.97 Å². The fourth-order valence-corrected chi connectivity index (χ4v) is 1.39. The summed E-state index contributed by atoms with van der Waals surface area (Å²) in [5, 5.41) is 8.49. The van der Waals surface area contributed by atoms with E-state index in [0.717, 1.165) is 5.56 Å². The van der Waals surface area contributed by atoms with Crippen LogP contribution in [0.4, 0.5) is 0 Å². The molecule has 4 N–H and O–H groups in total. The molecule has 2 amide bonds. The first-order valence-electron chi connectivity index (χ1n) is 5.47. The van der Waals surface area contributed by atoms with Crippen LogP contribution in [0.1, 0.15) is 12.0 Å². The molecule has 0 bridgehead atoms. The van der Waals surface area contributed by atoms with E-state index >= 15 is 0 Å². The molecule has 0 fully saturated rings. The number of hydrogen-bond acceptors (Lipinski definition) is 5. The first-order valence-corrected chi connectivity index (χ1v) is 5.47. The van der Waals surface area contributed by atoms with Gasteiger partial charge in [-0.1, -0.05) is 30.3 Å². The third kappa shape index (κ3) is 4.76. The molecule has 1 unspecified atom stereocenters. The van der Waals surface area contributed by atoms with Gasteiger partial charge in [-0.05, 0) is 5.56 Å². The van der Waals surface area contributed by atoms with Gasteiger partial charge in [0, 0.05) is 6.42 Å². The normalized spacial score (nSPS) is 11.4. The van der Waals surface area contributed by atoms with E-state index in [1.165, 1.54) is 5.48 Å². The Balaban J connectivity index is 2.62. The molecule has 0 saturated heterocycles. The second kappa shape index (κ2) is 7.12. The Morgan fingerprint density at radius 2 is 1.89 bits per heavy atom. The van der Waals surface area contributed by atoms with Gasteiger partial charge in [0.1, 0.15) is 12.5 Å². The molecule has 1 atom stereocenters. The average Bonchev–Trinajstić information content (AvgIpc) is 2.42. The van der Waals surface area contributed by atoms with Gasteiger partial charge in [-0.15, -0.1) is 0 Å². The van der Waals surface area contributed by atoms with E-state index in [2.05, 4.69) is 0 Å². The minimum absolute atomic E-state index is 0.0341. The van der Waals surface area contributed by atoms with Gasteiger partial charge in [0.05, 0.1) is 0 Å². The lowest BCUT2D eigenvalue weighted by molar-refractivity contribution is -0.157. The second-order valence-electron chi connectivity index (χ2n) is 3.79. The van der Waals surface area contributed by atoms with Gasteiger partial charge < -0.3 is 10.5 Å². The van der Waals surface area contributed by atoms with Gasteiger partial charge in [-0.25, -0.2) is 5.48 Å². The fourth-order valence-electron chi connectivity index (χ4n) is 1.39. The lowest BCUT2D eigenvalue weighted by Crippen LogP contribution is -2.37. The Labute approximate surface area is 109 Å². The van der Waals surface area contributed by atoms with Gasteiger partial charge in [0.15, 0.2) is 0 Å². The summed E-state index contributed by atoms with van der Waals surface area (Å²) in [7, 11) is 0. The Morgan fingerprint density at radius 3 is 2.42 bits per heavy atom. The number of esters is 1. The molecule has 7 nitrogen and oxygen atoms in total. The number of ether oxygens (including phenoxy) is 1. The molecule has 102 valence electrons. The number of carbonyl (C=O) groups is 3. The zero-order chi connectivity index (χ0) is 14.3.